The van der Waals surface area contributed by atoms with Crippen molar-refractivity contribution in [3.05, 3.63) is 117 Å². The Kier molecular flexibility index (Phi) is 6.03. The number of amidine groups is 1. The summed E-state index contributed by atoms with van der Waals surface area (Å²) in [6, 6.07) is 23.6. The van der Waals surface area contributed by atoms with Crippen LogP contribution in [-0.4, -0.2) is 16.7 Å². The van der Waals surface area contributed by atoms with Gasteiger partial charge in [-0.25, -0.2) is 0 Å². The van der Waals surface area contributed by atoms with E-state index in [4.69, 9.17) is 23.2 Å². The van der Waals surface area contributed by atoms with E-state index in [1.807, 2.05) is 42.5 Å². The van der Waals surface area contributed by atoms with Gasteiger partial charge in [-0.2, -0.15) is 0 Å². The number of nitrogens with zero attached hydrogens (tertiary/aromatic N) is 1. The fraction of sp³-hybridized carbons (Fsp3) is 0.143. The molecule has 0 spiro atoms. The van der Waals surface area contributed by atoms with Crippen LogP contribution < -0.4 is 4.90 Å². The number of hydrogen-bond acceptors (Lipinski definition) is 3. The summed E-state index contributed by atoms with van der Waals surface area (Å²) < 4.78 is 0. The third-order valence-electron chi connectivity index (χ3n) is 6.35. The molecule has 4 nitrogen and oxygen atoms in total. The number of carbonyl (C=O) groups excluding carboxylic acids is 1. The van der Waals surface area contributed by atoms with Crippen LogP contribution in [-0.2, 0) is 4.79 Å². The summed E-state index contributed by atoms with van der Waals surface area (Å²) >= 11 is 12.3. The summed E-state index contributed by atoms with van der Waals surface area (Å²) in [5.74, 6) is -0.422. The molecule has 5 rings (SSSR count). The minimum absolute atomic E-state index is 0.0190. The molecule has 1 aliphatic heterocycles. The van der Waals surface area contributed by atoms with E-state index in [2.05, 4.69) is 0 Å². The Hall–Kier alpha value is -3.34. The smallest absolute Gasteiger partial charge is 0.161 e. The first-order chi connectivity index (χ1) is 16.5. The lowest BCUT2D eigenvalue weighted by Gasteiger charge is -2.41. The largest absolute Gasteiger partial charge is 0.507 e. The molecular formula is C28H22Cl2N2O2. The minimum Gasteiger partial charge on any atom is -0.507 e. The molecule has 1 unspecified atom stereocenters. The SMILES string of the molecule is N=C1/C(=C(/O)c2ccccc2)C(c2ccc(Cl)cc2)C2=C(CCCC2=O)N1c1ccc(Cl)cc1. The third-order valence-corrected chi connectivity index (χ3v) is 6.85. The lowest BCUT2D eigenvalue weighted by molar-refractivity contribution is -0.116. The van der Waals surface area contributed by atoms with Gasteiger partial charge in [0.05, 0.1) is 0 Å². The first-order valence-corrected chi connectivity index (χ1v) is 11.9. The van der Waals surface area contributed by atoms with Gasteiger partial charge < -0.3 is 5.11 Å². The number of ketones is 1. The van der Waals surface area contributed by atoms with Crippen molar-refractivity contribution in [1.82, 2.24) is 0 Å². The lowest BCUT2D eigenvalue weighted by atomic mass is 9.73. The van der Waals surface area contributed by atoms with E-state index in [9.17, 15) is 15.3 Å². The Morgan fingerprint density at radius 2 is 1.50 bits per heavy atom. The fourth-order valence-corrected chi connectivity index (χ4v) is 5.06. The molecule has 0 saturated carbocycles. The van der Waals surface area contributed by atoms with Crippen molar-refractivity contribution in [2.45, 2.75) is 25.2 Å². The van der Waals surface area contributed by atoms with Crippen LogP contribution >= 0.6 is 23.2 Å². The molecule has 0 saturated heterocycles. The molecule has 0 fully saturated rings. The number of halogens is 2. The van der Waals surface area contributed by atoms with E-state index in [1.54, 1.807) is 41.3 Å². The van der Waals surface area contributed by atoms with Crippen LogP contribution in [0.4, 0.5) is 5.69 Å². The number of rotatable bonds is 3. The molecule has 1 aliphatic carbocycles. The van der Waals surface area contributed by atoms with Gasteiger partial charge in [0.1, 0.15) is 11.6 Å². The van der Waals surface area contributed by atoms with Crippen molar-refractivity contribution in [1.29, 1.82) is 5.41 Å². The molecule has 34 heavy (non-hydrogen) atoms. The first kappa shape index (κ1) is 22.5. The van der Waals surface area contributed by atoms with Gasteiger partial charge in [0.2, 0.25) is 0 Å². The van der Waals surface area contributed by atoms with Crippen LogP contribution in [0.3, 0.4) is 0 Å². The van der Waals surface area contributed by atoms with Crippen LogP contribution in [0, 0.1) is 5.41 Å². The van der Waals surface area contributed by atoms with Crippen molar-refractivity contribution < 1.29 is 9.90 Å². The Labute approximate surface area is 208 Å². The molecular weight excluding hydrogens is 467 g/mol. The van der Waals surface area contributed by atoms with E-state index >= 15 is 0 Å². The monoisotopic (exact) mass is 488 g/mol. The van der Waals surface area contributed by atoms with Gasteiger partial charge in [-0.1, -0.05) is 65.7 Å². The third kappa shape index (κ3) is 3.93. The van der Waals surface area contributed by atoms with E-state index < -0.39 is 5.92 Å². The van der Waals surface area contributed by atoms with Crippen molar-refractivity contribution in [3.8, 4) is 0 Å². The molecule has 0 radical (unpaired) electrons. The second-order valence-corrected chi connectivity index (χ2v) is 9.28. The number of benzene rings is 3. The van der Waals surface area contributed by atoms with Gasteiger partial charge in [-0.05, 0) is 54.8 Å². The lowest BCUT2D eigenvalue weighted by Crippen LogP contribution is -2.42. The van der Waals surface area contributed by atoms with Gasteiger partial charge in [0.15, 0.2) is 5.78 Å². The number of anilines is 1. The number of aliphatic hydroxyl groups excluding tert-OH is 1. The van der Waals surface area contributed by atoms with E-state index in [0.717, 1.165) is 16.9 Å². The van der Waals surface area contributed by atoms with Crippen LogP contribution in [0.1, 0.15) is 36.3 Å². The molecule has 0 aromatic heterocycles. The van der Waals surface area contributed by atoms with Crippen LogP contribution in [0.5, 0.6) is 0 Å². The van der Waals surface area contributed by atoms with E-state index in [0.29, 0.717) is 46.0 Å². The molecule has 170 valence electrons. The second kappa shape index (κ2) is 9.13. The highest BCUT2D eigenvalue weighted by atomic mass is 35.5. The Morgan fingerprint density at radius 1 is 0.882 bits per heavy atom. The second-order valence-electron chi connectivity index (χ2n) is 8.41. The highest BCUT2D eigenvalue weighted by Crippen LogP contribution is 2.48. The zero-order valence-corrected chi connectivity index (χ0v) is 19.8. The molecule has 2 N–H and O–H groups in total. The maximum atomic E-state index is 13.4. The highest BCUT2D eigenvalue weighted by molar-refractivity contribution is 6.31. The highest BCUT2D eigenvalue weighted by Gasteiger charge is 2.43. The Bertz CT molecular complexity index is 1330. The molecule has 1 atom stereocenters. The number of hydrogen-bond donors (Lipinski definition) is 2. The maximum absolute atomic E-state index is 13.4. The summed E-state index contributed by atoms with van der Waals surface area (Å²) in [7, 11) is 0. The van der Waals surface area contributed by atoms with Gasteiger partial charge in [-0.15, -0.1) is 0 Å². The number of Topliss-reactive ketones (excluding diaryl/α,β-unsaturated/α-hetero) is 1. The number of carbonyl (C=O) groups is 1. The summed E-state index contributed by atoms with van der Waals surface area (Å²) in [5.41, 5.74) is 3.93. The molecule has 6 heteroatoms. The predicted molar refractivity (Wildman–Crippen MR) is 138 cm³/mol. The van der Waals surface area contributed by atoms with Crippen molar-refractivity contribution in [2.75, 3.05) is 4.90 Å². The summed E-state index contributed by atoms with van der Waals surface area (Å²) in [5, 5.41) is 22.0. The molecule has 0 bridgehead atoms. The summed E-state index contributed by atoms with van der Waals surface area (Å²) in [4.78, 5) is 15.2. The standard InChI is InChI=1S/C28H22Cl2N2O2/c29-19-11-9-17(10-12-19)24-25-22(7-4-8-23(25)33)32(21-15-13-20(30)14-16-21)28(31)26(24)27(34)18-5-2-1-3-6-18/h1-3,5-6,9-16,24,31,34H,4,7-8H2/b27-26+,31-28?. The maximum Gasteiger partial charge on any atom is 0.161 e. The molecule has 1 heterocycles. The van der Waals surface area contributed by atoms with E-state index in [1.165, 1.54) is 0 Å². The van der Waals surface area contributed by atoms with Crippen molar-refractivity contribution in [3.63, 3.8) is 0 Å². The molecule has 0 amide bonds. The van der Waals surface area contributed by atoms with Crippen molar-refractivity contribution >= 4 is 46.3 Å². The zero-order valence-electron chi connectivity index (χ0n) is 18.3. The topological polar surface area (TPSA) is 64.4 Å². The predicted octanol–water partition coefficient (Wildman–Crippen LogP) is 7.55. The quantitative estimate of drug-likeness (QED) is 0.374. The minimum atomic E-state index is -0.573. The Balaban J connectivity index is 1.82. The van der Waals surface area contributed by atoms with Gasteiger partial charge in [0, 0.05) is 50.5 Å². The number of aliphatic hydroxyl groups is 1. The van der Waals surface area contributed by atoms with Gasteiger partial charge in [0.25, 0.3) is 0 Å². The Morgan fingerprint density at radius 3 is 2.15 bits per heavy atom. The number of allylic oxidation sites excluding steroid dienone is 2. The molecule has 2 aliphatic rings. The fourth-order valence-electron chi connectivity index (χ4n) is 4.81. The average Bonchev–Trinajstić information content (AvgIpc) is 2.85. The van der Waals surface area contributed by atoms with Crippen molar-refractivity contribution in [2.24, 2.45) is 0 Å². The number of nitrogens with one attached hydrogen (secondary N) is 1. The van der Waals surface area contributed by atoms with Gasteiger partial charge >= 0.3 is 0 Å². The van der Waals surface area contributed by atoms with Crippen LogP contribution in [0.25, 0.3) is 5.76 Å². The molecule has 3 aromatic carbocycles. The van der Waals surface area contributed by atoms with Gasteiger partial charge in [-0.3, -0.25) is 15.1 Å². The summed E-state index contributed by atoms with van der Waals surface area (Å²) in [6.45, 7) is 0. The van der Waals surface area contributed by atoms with E-state index in [-0.39, 0.29) is 17.4 Å². The normalized spacial score (nSPS) is 19.8. The van der Waals surface area contributed by atoms with Crippen LogP contribution in [0.2, 0.25) is 10.0 Å². The summed E-state index contributed by atoms with van der Waals surface area (Å²) in [6.07, 6.45) is 1.81. The first-order valence-electron chi connectivity index (χ1n) is 11.1. The van der Waals surface area contributed by atoms with Crippen LogP contribution in [0.15, 0.2) is 95.7 Å². The average molecular weight is 489 g/mol. The zero-order chi connectivity index (χ0) is 23.8. The molecule has 3 aromatic rings.